The molecule has 3 nitrogen and oxygen atoms in total. The zero-order chi connectivity index (χ0) is 13.9. The fourth-order valence-corrected chi connectivity index (χ4v) is 3.51. The number of benzene rings is 1. The highest BCUT2D eigenvalue weighted by Gasteiger charge is 2.26. The number of rotatable bonds is 3. The maximum atomic E-state index is 4.36. The summed E-state index contributed by atoms with van der Waals surface area (Å²) in [7, 11) is 0. The van der Waals surface area contributed by atoms with Gasteiger partial charge >= 0.3 is 0 Å². The van der Waals surface area contributed by atoms with Crippen molar-refractivity contribution >= 4 is 11.3 Å². The number of thiazole rings is 1. The molecular weight excluding hydrogens is 266 g/mol. The third-order valence-corrected chi connectivity index (χ3v) is 5.01. The van der Waals surface area contributed by atoms with E-state index in [1.807, 2.05) is 5.51 Å². The van der Waals surface area contributed by atoms with Gasteiger partial charge in [-0.25, -0.2) is 4.98 Å². The molecule has 1 aliphatic rings. The van der Waals surface area contributed by atoms with Crippen molar-refractivity contribution in [2.45, 2.75) is 32.5 Å². The van der Waals surface area contributed by atoms with Gasteiger partial charge in [0.15, 0.2) is 0 Å². The minimum Gasteiger partial charge on any atom is -0.307 e. The lowest BCUT2D eigenvalue weighted by atomic mass is 10.0. The highest BCUT2D eigenvalue weighted by atomic mass is 32.1. The smallest absolute Gasteiger partial charge is 0.0798 e. The van der Waals surface area contributed by atoms with Crippen LogP contribution >= 0.6 is 11.3 Å². The molecule has 0 bridgehead atoms. The van der Waals surface area contributed by atoms with Crippen molar-refractivity contribution in [2.75, 3.05) is 13.1 Å². The number of aromatic nitrogens is 1. The Balaban J connectivity index is 1.72. The maximum Gasteiger partial charge on any atom is 0.0798 e. The molecule has 2 aromatic rings. The van der Waals surface area contributed by atoms with Gasteiger partial charge in [-0.05, 0) is 19.4 Å². The Kier molecular flexibility index (Phi) is 4.15. The summed E-state index contributed by atoms with van der Waals surface area (Å²) >= 11 is 1.77. The van der Waals surface area contributed by atoms with Crippen LogP contribution < -0.4 is 5.32 Å². The van der Waals surface area contributed by atoms with E-state index in [9.17, 15) is 0 Å². The second-order valence-electron chi connectivity index (χ2n) is 5.51. The van der Waals surface area contributed by atoms with Crippen molar-refractivity contribution in [3.05, 3.63) is 52.0 Å². The van der Waals surface area contributed by atoms with Crippen molar-refractivity contribution in [1.29, 1.82) is 0 Å². The van der Waals surface area contributed by atoms with E-state index in [0.29, 0.717) is 12.1 Å². The van der Waals surface area contributed by atoms with Gasteiger partial charge in [0, 0.05) is 36.6 Å². The fourth-order valence-electron chi connectivity index (χ4n) is 2.71. The molecule has 3 rings (SSSR count). The molecule has 106 valence electrons. The Morgan fingerprint density at radius 2 is 2.15 bits per heavy atom. The summed E-state index contributed by atoms with van der Waals surface area (Å²) < 4.78 is 0. The molecule has 20 heavy (non-hydrogen) atoms. The van der Waals surface area contributed by atoms with E-state index < -0.39 is 0 Å². The lowest BCUT2D eigenvalue weighted by Gasteiger charge is -2.38. The Hall–Kier alpha value is -1.23. The molecule has 1 aromatic heterocycles. The van der Waals surface area contributed by atoms with Gasteiger partial charge in [0.05, 0.1) is 11.2 Å². The normalized spacial score (nSPS) is 23.9. The third-order valence-electron chi connectivity index (χ3n) is 4.09. The molecule has 2 atom stereocenters. The number of hydrogen-bond acceptors (Lipinski definition) is 4. The van der Waals surface area contributed by atoms with Crippen LogP contribution in [0.25, 0.3) is 0 Å². The van der Waals surface area contributed by atoms with Crippen LogP contribution in [0.15, 0.2) is 35.8 Å². The van der Waals surface area contributed by atoms with Crippen LogP contribution in [-0.4, -0.2) is 29.0 Å². The molecule has 4 heteroatoms. The van der Waals surface area contributed by atoms with Crippen LogP contribution in [0.2, 0.25) is 0 Å². The lowest BCUT2D eigenvalue weighted by Crippen LogP contribution is -2.50. The zero-order valence-electron chi connectivity index (χ0n) is 12.0. The van der Waals surface area contributed by atoms with E-state index in [1.54, 1.807) is 11.3 Å². The predicted octanol–water partition coefficient (Wildman–Crippen LogP) is 2.99. The number of piperazine rings is 1. The van der Waals surface area contributed by atoms with Crippen molar-refractivity contribution in [1.82, 2.24) is 15.2 Å². The molecule has 2 unspecified atom stereocenters. The lowest BCUT2D eigenvalue weighted by molar-refractivity contribution is 0.134. The van der Waals surface area contributed by atoms with Crippen molar-refractivity contribution in [2.24, 2.45) is 0 Å². The van der Waals surface area contributed by atoms with E-state index in [1.165, 1.54) is 16.1 Å². The van der Waals surface area contributed by atoms with Crippen LogP contribution in [-0.2, 0) is 6.54 Å². The topological polar surface area (TPSA) is 28.2 Å². The third kappa shape index (κ3) is 2.92. The molecule has 1 fully saturated rings. The molecule has 0 radical (unpaired) electrons. The van der Waals surface area contributed by atoms with E-state index in [-0.39, 0.29) is 0 Å². The summed E-state index contributed by atoms with van der Waals surface area (Å²) in [6.45, 7) is 7.51. The summed E-state index contributed by atoms with van der Waals surface area (Å²) in [5.74, 6) is 0. The molecule has 1 saturated heterocycles. The first-order valence-corrected chi connectivity index (χ1v) is 8.03. The monoisotopic (exact) mass is 287 g/mol. The van der Waals surface area contributed by atoms with Crippen LogP contribution in [0.4, 0.5) is 0 Å². The van der Waals surface area contributed by atoms with Gasteiger partial charge in [0.1, 0.15) is 0 Å². The van der Waals surface area contributed by atoms with Crippen LogP contribution in [0, 0.1) is 6.92 Å². The summed E-state index contributed by atoms with van der Waals surface area (Å²) in [5.41, 5.74) is 4.51. The minimum atomic E-state index is 0.431. The largest absolute Gasteiger partial charge is 0.307 e. The molecule has 0 amide bonds. The zero-order valence-corrected chi connectivity index (χ0v) is 12.9. The van der Waals surface area contributed by atoms with E-state index in [4.69, 9.17) is 0 Å². The number of hydrogen-bond donors (Lipinski definition) is 1. The van der Waals surface area contributed by atoms with E-state index >= 15 is 0 Å². The Morgan fingerprint density at radius 1 is 1.35 bits per heavy atom. The second kappa shape index (κ2) is 6.04. The maximum absolute atomic E-state index is 4.36. The van der Waals surface area contributed by atoms with Crippen molar-refractivity contribution in [3.8, 4) is 0 Å². The van der Waals surface area contributed by atoms with Gasteiger partial charge in [-0.3, -0.25) is 4.90 Å². The Labute approximate surface area is 124 Å². The van der Waals surface area contributed by atoms with Gasteiger partial charge in [-0.1, -0.05) is 30.3 Å². The molecule has 1 aliphatic heterocycles. The molecule has 1 aromatic carbocycles. The molecular formula is C16H21N3S. The van der Waals surface area contributed by atoms with Crippen LogP contribution in [0.1, 0.15) is 29.1 Å². The van der Waals surface area contributed by atoms with Crippen LogP contribution in [0.5, 0.6) is 0 Å². The average molecular weight is 287 g/mol. The van der Waals surface area contributed by atoms with Gasteiger partial charge in [-0.15, -0.1) is 11.3 Å². The van der Waals surface area contributed by atoms with Gasteiger partial charge in [-0.2, -0.15) is 0 Å². The Morgan fingerprint density at radius 3 is 2.85 bits per heavy atom. The first-order valence-electron chi connectivity index (χ1n) is 7.15. The summed E-state index contributed by atoms with van der Waals surface area (Å²) in [4.78, 5) is 8.32. The standard InChI is InChI=1S/C16H21N3S/c1-12-8-17-15(14-6-4-3-5-7-14)9-19(12)10-16-13(2)18-11-20-16/h3-7,11-12,15,17H,8-10H2,1-2H3. The average Bonchev–Trinajstić information content (AvgIpc) is 2.88. The molecule has 0 spiro atoms. The van der Waals surface area contributed by atoms with Gasteiger partial charge < -0.3 is 5.32 Å². The first kappa shape index (κ1) is 13.7. The second-order valence-corrected chi connectivity index (χ2v) is 6.45. The highest BCUT2D eigenvalue weighted by molar-refractivity contribution is 7.09. The quantitative estimate of drug-likeness (QED) is 0.940. The number of nitrogens with one attached hydrogen (secondary N) is 1. The minimum absolute atomic E-state index is 0.431. The number of nitrogens with zero attached hydrogens (tertiary/aromatic N) is 2. The molecule has 2 heterocycles. The fraction of sp³-hybridized carbons (Fsp3) is 0.438. The van der Waals surface area contributed by atoms with E-state index in [0.717, 1.165) is 19.6 Å². The summed E-state index contributed by atoms with van der Waals surface area (Å²) in [6, 6.07) is 11.7. The van der Waals surface area contributed by atoms with Crippen molar-refractivity contribution in [3.63, 3.8) is 0 Å². The molecule has 1 N–H and O–H groups in total. The highest BCUT2D eigenvalue weighted by Crippen LogP contribution is 2.23. The summed E-state index contributed by atoms with van der Waals surface area (Å²) in [5, 5.41) is 3.66. The SMILES string of the molecule is Cc1ncsc1CN1CC(c2ccccc2)NCC1C. The first-order chi connectivity index (χ1) is 9.74. The molecule has 0 saturated carbocycles. The van der Waals surface area contributed by atoms with E-state index in [2.05, 4.69) is 59.4 Å². The van der Waals surface area contributed by atoms with Crippen molar-refractivity contribution < 1.29 is 0 Å². The number of aryl methyl sites for hydroxylation is 1. The molecule has 0 aliphatic carbocycles. The van der Waals surface area contributed by atoms with Gasteiger partial charge in [0.25, 0.3) is 0 Å². The Bertz CT molecular complexity index is 552. The predicted molar refractivity (Wildman–Crippen MR) is 83.9 cm³/mol. The van der Waals surface area contributed by atoms with Crippen LogP contribution in [0.3, 0.4) is 0 Å². The summed E-state index contributed by atoms with van der Waals surface area (Å²) in [6.07, 6.45) is 0. The van der Waals surface area contributed by atoms with Gasteiger partial charge in [0.2, 0.25) is 0 Å².